The molecule has 0 radical (unpaired) electrons. The molecular formula is C17H21N3O2. The standard InChI is InChI=1S/C17H21N3O2/c1-17(2,3)15(18)16(21)20-12-4-6-13(7-5-12)22-14-8-10-19-11-9-14/h4-11,15H,18H2,1-3H3,(H,20,21)/t15-/m1/s1. The number of nitrogens with one attached hydrogen (secondary N) is 1. The van der Waals surface area contributed by atoms with E-state index in [1.165, 1.54) is 0 Å². The molecule has 0 spiro atoms. The highest BCUT2D eigenvalue weighted by molar-refractivity contribution is 5.95. The van der Waals surface area contributed by atoms with Gasteiger partial charge < -0.3 is 15.8 Å². The van der Waals surface area contributed by atoms with E-state index in [-0.39, 0.29) is 11.3 Å². The zero-order valence-electron chi connectivity index (χ0n) is 13.0. The third kappa shape index (κ3) is 4.30. The molecule has 0 aliphatic heterocycles. The zero-order chi connectivity index (χ0) is 16.2. The second-order valence-corrected chi connectivity index (χ2v) is 6.14. The average Bonchev–Trinajstić information content (AvgIpc) is 2.48. The number of nitrogens with two attached hydrogens (primary N) is 1. The molecule has 0 aliphatic carbocycles. The Morgan fingerprint density at radius 1 is 1.09 bits per heavy atom. The normalized spacial score (nSPS) is 12.5. The van der Waals surface area contributed by atoms with Crippen molar-refractivity contribution in [3.8, 4) is 11.5 Å². The van der Waals surface area contributed by atoms with Crippen LogP contribution in [0.5, 0.6) is 11.5 Å². The smallest absolute Gasteiger partial charge is 0.241 e. The number of rotatable bonds is 4. The summed E-state index contributed by atoms with van der Waals surface area (Å²) in [4.78, 5) is 16.0. The molecule has 116 valence electrons. The molecule has 1 aromatic carbocycles. The number of hydrogen-bond acceptors (Lipinski definition) is 4. The molecule has 1 heterocycles. The summed E-state index contributed by atoms with van der Waals surface area (Å²) in [5.74, 6) is 1.20. The van der Waals surface area contributed by atoms with Gasteiger partial charge in [-0.15, -0.1) is 0 Å². The van der Waals surface area contributed by atoms with Crippen LogP contribution in [0.15, 0.2) is 48.8 Å². The second-order valence-electron chi connectivity index (χ2n) is 6.14. The summed E-state index contributed by atoms with van der Waals surface area (Å²) >= 11 is 0. The monoisotopic (exact) mass is 299 g/mol. The van der Waals surface area contributed by atoms with E-state index in [9.17, 15) is 4.79 Å². The lowest BCUT2D eigenvalue weighted by molar-refractivity contribution is -0.119. The summed E-state index contributed by atoms with van der Waals surface area (Å²) in [6.07, 6.45) is 3.33. The number of carbonyl (C=O) groups is 1. The summed E-state index contributed by atoms with van der Waals surface area (Å²) in [7, 11) is 0. The highest BCUT2D eigenvalue weighted by atomic mass is 16.5. The highest BCUT2D eigenvalue weighted by Gasteiger charge is 2.27. The van der Waals surface area contributed by atoms with Gasteiger partial charge in [0.1, 0.15) is 11.5 Å². The van der Waals surface area contributed by atoms with Crippen LogP contribution >= 0.6 is 0 Å². The van der Waals surface area contributed by atoms with Crippen LogP contribution in [0.1, 0.15) is 20.8 Å². The van der Waals surface area contributed by atoms with E-state index in [0.29, 0.717) is 17.2 Å². The van der Waals surface area contributed by atoms with Crippen LogP contribution in [0.4, 0.5) is 5.69 Å². The van der Waals surface area contributed by atoms with Gasteiger partial charge in [0.15, 0.2) is 0 Å². The first kappa shape index (κ1) is 16.0. The number of amides is 1. The molecule has 1 aromatic heterocycles. The molecule has 0 saturated carbocycles. The summed E-state index contributed by atoms with van der Waals surface area (Å²) in [5, 5.41) is 2.81. The first-order chi connectivity index (χ1) is 10.4. The molecule has 22 heavy (non-hydrogen) atoms. The van der Waals surface area contributed by atoms with Crippen molar-refractivity contribution in [2.75, 3.05) is 5.32 Å². The molecule has 1 amide bonds. The minimum atomic E-state index is -0.569. The van der Waals surface area contributed by atoms with Gasteiger partial charge in [-0.05, 0) is 41.8 Å². The van der Waals surface area contributed by atoms with E-state index in [4.69, 9.17) is 10.5 Å². The quantitative estimate of drug-likeness (QED) is 0.909. The Bertz CT molecular complexity index is 619. The minimum Gasteiger partial charge on any atom is -0.457 e. The lowest BCUT2D eigenvalue weighted by Gasteiger charge is -2.25. The largest absolute Gasteiger partial charge is 0.457 e. The maximum absolute atomic E-state index is 12.1. The number of benzene rings is 1. The maximum Gasteiger partial charge on any atom is 0.241 e. The number of carbonyl (C=O) groups excluding carboxylic acids is 1. The summed E-state index contributed by atoms with van der Waals surface area (Å²) in [5.41, 5.74) is 6.34. The van der Waals surface area contributed by atoms with Crippen LogP contribution in [-0.2, 0) is 4.79 Å². The molecule has 0 aliphatic rings. The fraction of sp³-hybridized carbons (Fsp3) is 0.294. The minimum absolute atomic E-state index is 0.199. The van der Waals surface area contributed by atoms with Crippen molar-refractivity contribution in [2.24, 2.45) is 11.1 Å². The van der Waals surface area contributed by atoms with Gasteiger partial charge in [0, 0.05) is 18.1 Å². The van der Waals surface area contributed by atoms with E-state index in [2.05, 4.69) is 10.3 Å². The van der Waals surface area contributed by atoms with Gasteiger partial charge in [-0.2, -0.15) is 0 Å². The van der Waals surface area contributed by atoms with Crippen LogP contribution in [0.3, 0.4) is 0 Å². The van der Waals surface area contributed by atoms with Gasteiger partial charge in [-0.3, -0.25) is 9.78 Å². The molecule has 0 fully saturated rings. The Balaban J connectivity index is 1.99. The molecule has 1 atom stereocenters. The molecule has 3 N–H and O–H groups in total. The van der Waals surface area contributed by atoms with Gasteiger partial charge in [-0.1, -0.05) is 20.8 Å². The van der Waals surface area contributed by atoms with E-state index < -0.39 is 6.04 Å². The molecular weight excluding hydrogens is 278 g/mol. The molecule has 0 saturated heterocycles. The molecule has 5 nitrogen and oxygen atoms in total. The Kier molecular flexibility index (Phi) is 4.78. The Labute approximate surface area is 130 Å². The van der Waals surface area contributed by atoms with Crippen molar-refractivity contribution in [1.29, 1.82) is 0 Å². The third-order valence-corrected chi connectivity index (χ3v) is 3.22. The lowest BCUT2D eigenvalue weighted by Crippen LogP contribution is -2.45. The van der Waals surface area contributed by atoms with Crippen molar-refractivity contribution >= 4 is 11.6 Å². The van der Waals surface area contributed by atoms with E-state index in [1.807, 2.05) is 20.8 Å². The molecule has 0 unspecified atom stereocenters. The molecule has 0 bridgehead atoms. The van der Waals surface area contributed by atoms with Crippen molar-refractivity contribution in [3.63, 3.8) is 0 Å². The third-order valence-electron chi connectivity index (χ3n) is 3.22. The van der Waals surface area contributed by atoms with Gasteiger partial charge in [0.05, 0.1) is 6.04 Å². The van der Waals surface area contributed by atoms with Gasteiger partial charge in [0.25, 0.3) is 0 Å². The number of hydrogen-bond donors (Lipinski definition) is 2. The Hall–Kier alpha value is -2.40. The summed E-state index contributed by atoms with van der Waals surface area (Å²) in [6.45, 7) is 5.80. The maximum atomic E-state index is 12.1. The number of aromatic nitrogens is 1. The summed E-state index contributed by atoms with van der Waals surface area (Å²) in [6, 6.07) is 10.1. The number of pyridine rings is 1. The number of ether oxygens (including phenoxy) is 1. The van der Waals surface area contributed by atoms with Gasteiger partial charge in [0.2, 0.25) is 5.91 Å². The van der Waals surface area contributed by atoms with Crippen LogP contribution in [-0.4, -0.2) is 16.9 Å². The van der Waals surface area contributed by atoms with E-state index in [1.54, 1.807) is 48.8 Å². The van der Waals surface area contributed by atoms with E-state index in [0.717, 1.165) is 0 Å². The molecule has 5 heteroatoms. The van der Waals surface area contributed by atoms with Crippen molar-refractivity contribution in [1.82, 2.24) is 4.98 Å². The number of anilines is 1. The average molecular weight is 299 g/mol. The molecule has 2 rings (SSSR count). The molecule has 2 aromatic rings. The topological polar surface area (TPSA) is 77.2 Å². The Morgan fingerprint density at radius 3 is 2.18 bits per heavy atom. The SMILES string of the molecule is CC(C)(C)[C@H](N)C(=O)Nc1ccc(Oc2ccncc2)cc1. The first-order valence-corrected chi connectivity index (χ1v) is 7.10. The lowest BCUT2D eigenvalue weighted by atomic mass is 9.87. The highest BCUT2D eigenvalue weighted by Crippen LogP contribution is 2.23. The van der Waals surface area contributed by atoms with Crippen LogP contribution in [0.2, 0.25) is 0 Å². The van der Waals surface area contributed by atoms with Crippen LogP contribution in [0.25, 0.3) is 0 Å². The predicted molar refractivity (Wildman–Crippen MR) is 86.8 cm³/mol. The number of nitrogens with zero attached hydrogens (tertiary/aromatic N) is 1. The van der Waals surface area contributed by atoms with Crippen LogP contribution < -0.4 is 15.8 Å². The Morgan fingerprint density at radius 2 is 1.64 bits per heavy atom. The van der Waals surface area contributed by atoms with E-state index >= 15 is 0 Å². The summed E-state index contributed by atoms with van der Waals surface area (Å²) < 4.78 is 5.66. The van der Waals surface area contributed by atoms with Gasteiger partial charge >= 0.3 is 0 Å². The van der Waals surface area contributed by atoms with Gasteiger partial charge in [-0.25, -0.2) is 0 Å². The second kappa shape index (κ2) is 6.58. The van der Waals surface area contributed by atoms with Crippen molar-refractivity contribution < 1.29 is 9.53 Å². The van der Waals surface area contributed by atoms with Crippen LogP contribution in [0, 0.1) is 5.41 Å². The fourth-order valence-electron chi connectivity index (χ4n) is 1.76. The predicted octanol–water partition coefficient (Wildman–Crippen LogP) is 3.19. The van der Waals surface area contributed by atoms with Crippen molar-refractivity contribution in [2.45, 2.75) is 26.8 Å². The van der Waals surface area contributed by atoms with Crippen molar-refractivity contribution in [3.05, 3.63) is 48.8 Å². The fourth-order valence-corrected chi connectivity index (χ4v) is 1.76. The zero-order valence-corrected chi connectivity index (χ0v) is 13.0. The first-order valence-electron chi connectivity index (χ1n) is 7.10.